The molecule has 1 aliphatic heterocycles. The topological polar surface area (TPSA) is 149 Å². The second-order valence-corrected chi connectivity index (χ2v) is 10.5. The molecular weight excluding hydrogens is 466 g/mol. The first-order chi connectivity index (χ1) is 15.7. The molecule has 33 heavy (non-hydrogen) atoms. The average Bonchev–Trinajstić information content (AvgIpc) is 3.22. The number of benzene rings is 2. The van der Waals surface area contributed by atoms with Crippen molar-refractivity contribution < 1.29 is 18.1 Å². The SMILES string of the molecule is NS(=O)(=O)c1ccc(CCNC(=O)C2CCCN(c3nc4ccc([N+](=O)[O-])cc4s3)C2)cc1. The Morgan fingerprint density at radius 1 is 1.27 bits per heavy atom. The van der Waals surface area contributed by atoms with Crippen molar-refractivity contribution >= 4 is 48.3 Å². The van der Waals surface area contributed by atoms with E-state index in [2.05, 4.69) is 15.2 Å². The number of hydrogen-bond acceptors (Lipinski definition) is 8. The Kier molecular flexibility index (Phi) is 6.58. The van der Waals surface area contributed by atoms with Gasteiger partial charge >= 0.3 is 0 Å². The first-order valence-electron chi connectivity index (χ1n) is 10.4. The van der Waals surface area contributed by atoms with E-state index in [-0.39, 0.29) is 22.4 Å². The molecule has 0 radical (unpaired) electrons. The second kappa shape index (κ2) is 9.41. The van der Waals surface area contributed by atoms with Gasteiger partial charge in [-0.3, -0.25) is 14.9 Å². The fourth-order valence-electron chi connectivity index (χ4n) is 3.84. The number of rotatable bonds is 7. The number of sulfonamides is 1. The molecule has 2 heterocycles. The average molecular weight is 490 g/mol. The van der Waals surface area contributed by atoms with Crippen LogP contribution in [0, 0.1) is 16.0 Å². The summed E-state index contributed by atoms with van der Waals surface area (Å²) in [5, 5.41) is 19.8. The van der Waals surface area contributed by atoms with Crippen LogP contribution in [-0.4, -0.2) is 43.9 Å². The summed E-state index contributed by atoms with van der Waals surface area (Å²) in [6.07, 6.45) is 2.20. The summed E-state index contributed by atoms with van der Waals surface area (Å²) in [7, 11) is -3.72. The summed E-state index contributed by atoms with van der Waals surface area (Å²) < 4.78 is 23.4. The summed E-state index contributed by atoms with van der Waals surface area (Å²) in [5.74, 6) is -0.206. The van der Waals surface area contributed by atoms with Crippen LogP contribution < -0.4 is 15.4 Å². The molecule has 1 fully saturated rings. The van der Waals surface area contributed by atoms with Gasteiger partial charge in [-0.15, -0.1) is 0 Å². The number of nitrogens with one attached hydrogen (secondary N) is 1. The third-order valence-electron chi connectivity index (χ3n) is 5.60. The van der Waals surface area contributed by atoms with E-state index in [0.717, 1.165) is 34.8 Å². The largest absolute Gasteiger partial charge is 0.355 e. The maximum absolute atomic E-state index is 12.7. The summed E-state index contributed by atoms with van der Waals surface area (Å²) in [6.45, 7) is 1.76. The molecule has 10 nitrogen and oxygen atoms in total. The van der Waals surface area contributed by atoms with Crippen LogP contribution in [0.25, 0.3) is 10.2 Å². The van der Waals surface area contributed by atoms with Crippen LogP contribution in [0.3, 0.4) is 0 Å². The molecule has 0 saturated carbocycles. The molecule has 174 valence electrons. The van der Waals surface area contributed by atoms with Crippen molar-refractivity contribution in [2.75, 3.05) is 24.5 Å². The summed E-state index contributed by atoms with van der Waals surface area (Å²) in [4.78, 5) is 30.0. The third-order valence-corrected chi connectivity index (χ3v) is 7.61. The maximum Gasteiger partial charge on any atom is 0.270 e. The van der Waals surface area contributed by atoms with E-state index in [9.17, 15) is 23.3 Å². The number of anilines is 1. The zero-order valence-electron chi connectivity index (χ0n) is 17.6. The van der Waals surface area contributed by atoms with Crippen molar-refractivity contribution in [3.8, 4) is 0 Å². The van der Waals surface area contributed by atoms with Crippen molar-refractivity contribution in [3.05, 3.63) is 58.1 Å². The minimum absolute atomic E-state index is 0.0300. The summed E-state index contributed by atoms with van der Waals surface area (Å²) in [5.41, 5.74) is 1.64. The van der Waals surface area contributed by atoms with Gasteiger partial charge < -0.3 is 10.2 Å². The molecule has 1 aliphatic rings. The first-order valence-corrected chi connectivity index (χ1v) is 12.8. The Hall–Kier alpha value is -3.09. The fourth-order valence-corrected chi connectivity index (χ4v) is 5.38. The van der Waals surface area contributed by atoms with E-state index >= 15 is 0 Å². The highest BCUT2D eigenvalue weighted by Crippen LogP contribution is 2.33. The number of nitrogens with two attached hydrogens (primary N) is 1. The van der Waals surface area contributed by atoms with Crippen molar-refractivity contribution in [1.29, 1.82) is 0 Å². The number of hydrogen-bond donors (Lipinski definition) is 2. The molecule has 0 bridgehead atoms. The van der Waals surface area contributed by atoms with Gasteiger partial charge in [0.15, 0.2) is 5.13 Å². The van der Waals surface area contributed by atoms with E-state index in [4.69, 9.17) is 5.14 Å². The Balaban J connectivity index is 1.34. The van der Waals surface area contributed by atoms with Crippen molar-refractivity contribution in [1.82, 2.24) is 10.3 Å². The normalized spacial score (nSPS) is 16.6. The van der Waals surface area contributed by atoms with Gasteiger partial charge in [0.05, 0.1) is 26.0 Å². The Bertz CT molecular complexity index is 1290. The zero-order chi connectivity index (χ0) is 23.6. The number of non-ortho nitro benzene ring substituents is 1. The fraction of sp³-hybridized carbons (Fsp3) is 0.333. The second-order valence-electron chi connectivity index (χ2n) is 7.92. The molecule has 12 heteroatoms. The summed E-state index contributed by atoms with van der Waals surface area (Å²) >= 11 is 1.39. The lowest BCUT2D eigenvalue weighted by Gasteiger charge is -2.31. The van der Waals surface area contributed by atoms with Crippen molar-refractivity contribution in [3.63, 3.8) is 0 Å². The molecule has 4 rings (SSSR count). The van der Waals surface area contributed by atoms with Gasteiger partial charge in [-0.05, 0) is 43.0 Å². The smallest absolute Gasteiger partial charge is 0.270 e. The van der Waals surface area contributed by atoms with Gasteiger partial charge in [0, 0.05) is 31.8 Å². The molecule has 1 aromatic heterocycles. The molecular formula is C21H23N5O5S2. The number of nitro groups is 1. The van der Waals surface area contributed by atoms with Crippen LogP contribution in [0.15, 0.2) is 47.4 Å². The van der Waals surface area contributed by atoms with Crippen LogP contribution in [0.2, 0.25) is 0 Å². The van der Waals surface area contributed by atoms with E-state index < -0.39 is 14.9 Å². The van der Waals surface area contributed by atoms with Crippen LogP contribution in [0.5, 0.6) is 0 Å². The van der Waals surface area contributed by atoms with Gasteiger partial charge in [-0.25, -0.2) is 18.5 Å². The van der Waals surface area contributed by atoms with Crippen LogP contribution in [0.4, 0.5) is 10.8 Å². The Morgan fingerprint density at radius 3 is 2.73 bits per heavy atom. The molecule has 0 spiro atoms. The van der Waals surface area contributed by atoms with Gasteiger partial charge in [-0.1, -0.05) is 23.5 Å². The van der Waals surface area contributed by atoms with E-state index in [0.29, 0.717) is 25.0 Å². The van der Waals surface area contributed by atoms with Crippen molar-refractivity contribution in [2.24, 2.45) is 11.1 Å². The minimum Gasteiger partial charge on any atom is -0.355 e. The quantitative estimate of drug-likeness (QED) is 0.382. The predicted molar refractivity (Wildman–Crippen MR) is 126 cm³/mol. The first kappa shape index (κ1) is 23.1. The number of nitro benzene ring substituents is 1. The molecule has 0 aliphatic carbocycles. The van der Waals surface area contributed by atoms with Gasteiger partial charge in [0.1, 0.15) is 0 Å². The highest BCUT2D eigenvalue weighted by atomic mass is 32.2. The maximum atomic E-state index is 12.7. The number of thiazole rings is 1. The number of piperidine rings is 1. The molecule has 1 atom stereocenters. The molecule has 3 N–H and O–H groups in total. The molecule has 1 saturated heterocycles. The van der Waals surface area contributed by atoms with Crippen LogP contribution >= 0.6 is 11.3 Å². The van der Waals surface area contributed by atoms with E-state index in [1.54, 1.807) is 18.2 Å². The number of nitrogens with zero attached hydrogens (tertiary/aromatic N) is 3. The number of primary sulfonamides is 1. The van der Waals surface area contributed by atoms with Crippen LogP contribution in [-0.2, 0) is 21.2 Å². The lowest BCUT2D eigenvalue weighted by molar-refractivity contribution is -0.384. The number of fused-ring (bicyclic) bond motifs is 1. The summed E-state index contributed by atoms with van der Waals surface area (Å²) in [6, 6.07) is 10.9. The lowest BCUT2D eigenvalue weighted by Crippen LogP contribution is -2.43. The van der Waals surface area contributed by atoms with Gasteiger partial charge in [0.2, 0.25) is 15.9 Å². The Morgan fingerprint density at radius 2 is 2.03 bits per heavy atom. The highest BCUT2D eigenvalue weighted by Gasteiger charge is 2.27. The van der Waals surface area contributed by atoms with Gasteiger partial charge in [0.25, 0.3) is 5.69 Å². The predicted octanol–water partition coefficient (Wildman–Crippen LogP) is 2.43. The molecule has 3 aromatic rings. The standard InChI is InChI=1S/C21H23N5O5S2/c22-33(30,31)17-6-3-14(4-7-17)9-10-23-20(27)15-2-1-11-25(13-15)21-24-18-8-5-16(26(28)29)12-19(18)32-21/h3-8,12,15H,1-2,9-11,13H2,(H,23,27)(H2,22,30,31). The monoisotopic (exact) mass is 489 g/mol. The number of carbonyl (C=O) groups is 1. The number of aromatic nitrogens is 1. The highest BCUT2D eigenvalue weighted by molar-refractivity contribution is 7.89. The van der Waals surface area contributed by atoms with Crippen molar-refractivity contribution in [2.45, 2.75) is 24.2 Å². The molecule has 1 unspecified atom stereocenters. The minimum atomic E-state index is -3.72. The van der Waals surface area contributed by atoms with Gasteiger partial charge in [-0.2, -0.15) is 0 Å². The van der Waals surface area contributed by atoms with E-state index in [1.807, 2.05) is 0 Å². The number of carbonyl (C=O) groups excluding carboxylic acids is 1. The van der Waals surface area contributed by atoms with E-state index in [1.165, 1.54) is 35.6 Å². The molecule has 1 amide bonds. The van der Waals surface area contributed by atoms with Crippen LogP contribution in [0.1, 0.15) is 18.4 Å². The third kappa shape index (κ3) is 5.46. The Labute approximate surface area is 194 Å². The molecule has 2 aromatic carbocycles. The zero-order valence-corrected chi connectivity index (χ0v) is 19.3. The lowest BCUT2D eigenvalue weighted by atomic mass is 9.97. The number of amides is 1.